The monoisotopic (exact) mass is 347 g/mol. The summed E-state index contributed by atoms with van der Waals surface area (Å²) in [5.41, 5.74) is 7.57. The molecule has 1 aromatic carbocycles. The number of amides is 3. The first-order valence-electron chi connectivity index (χ1n) is 8.87. The quantitative estimate of drug-likeness (QED) is 0.474. The molecule has 3 amide bonds. The van der Waals surface area contributed by atoms with E-state index in [2.05, 4.69) is 23.1 Å². The fourth-order valence-corrected chi connectivity index (χ4v) is 2.37. The van der Waals surface area contributed by atoms with Crippen LogP contribution in [0.25, 0.3) is 0 Å². The van der Waals surface area contributed by atoms with Crippen LogP contribution in [0.3, 0.4) is 0 Å². The first-order chi connectivity index (χ1) is 11.9. The van der Waals surface area contributed by atoms with Gasteiger partial charge in [0.15, 0.2) is 0 Å². The second kappa shape index (κ2) is 11.2. The summed E-state index contributed by atoms with van der Waals surface area (Å²) in [7, 11) is 0. The third kappa shape index (κ3) is 8.88. The van der Waals surface area contributed by atoms with Gasteiger partial charge in [0, 0.05) is 24.9 Å². The van der Waals surface area contributed by atoms with Crippen molar-refractivity contribution in [1.82, 2.24) is 10.9 Å². The van der Waals surface area contributed by atoms with Gasteiger partial charge < -0.3 is 5.32 Å². The molecule has 0 saturated carbocycles. The molecule has 0 fully saturated rings. The van der Waals surface area contributed by atoms with Crippen LogP contribution in [0.1, 0.15) is 63.0 Å². The van der Waals surface area contributed by atoms with Gasteiger partial charge in [0.1, 0.15) is 0 Å². The summed E-state index contributed by atoms with van der Waals surface area (Å²) in [5.74, 6) is -0.810. The molecule has 1 rings (SSSR count). The Bertz CT molecular complexity index is 600. The van der Waals surface area contributed by atoms with E-state index in [0.717, 1.165) is 42.5 Å². The third-order valence-electron chi connectivity index (χ3n) is 3.83. The van der Waals surface area contributed by atoms with E-state index in [-0.39, 0.29) is 30.6 Å². The van der Waals surface area contributed by atoms with Gasteiger partial charge in [0.2, 0.25) is 17.7 Å². The summed E-state index contributed by atoms with van der Waals surface area (Å²) < 4.78 is 0. The van der Waals surface area contributed by atoms with Crippen LogP contribution in [-0.4, -0.2) is 17.7 Å². The molecule has 138 valence electrons. The van der Waals surface area contributed by atoms with E-state index in [9.17, 15) is 14.4 Å². The van der Waals surface area contributed by atoms with E-state index in [0.29, 0.717) is 6.42 Å². The molecule has 0 unspecified atom stereocenters. The maximum absolute atomic E-state index is 11.9. The topological polar surface area (TPSA) is 87.3 Å². The molecule has 0 saturated heterocycles. The van der Waals surface area contributed by atoms with Crippen LogP contribution < -0.4 is 16.2 Å². The number of hydrazine groups is 1. The number of hydrogen-bond acceptors (Lipinski definition) is 3. The predicted molar refractivity (Wildman–Crippen MR) is 98.8 cm³/mol. The highest BCUT2D eigenvalue weighted by atomic mass is 16.2. The zero-order valence-electron chi connectivity index (χ0n) is 15.4. The number of anilines is 1. The minimum Gasteiger partial charge on any atom is -0.326 e. The Kier molecular flexibility index (Phi) is 9.29. The molecule has 0 spiro atoms. The number of carbonyl (C=O) groups is 3. The van der Waals surface area contributed by atoms with Crippen molar-refractivity contribution in [3.8, 4) is 0 Å². The Hall–Kier alpha value is -2.37. The minimum absolute atomic E-state index is 0.0207. The van der Waals surface area contributed by atoms with Gasteiger partial charge in [-0.05, 0) is 31.9 Å². The van der Waals surface area contributed by atoms with Crippen LogP contribution >= 0.6 is 0 Å². The number of hydrogen-bond donors (Lipinski definition) is 3. The lowest BCUT2D eigenvalue weighted by molar-refractivity contribution is -0.129. The predicted octanol–water partition coefficient (Wildman–Crippen LogP) is 3.14. The Balaban J connectivity index is 2.22. The van der Waals surface area contributed by atoms with Crippen molar-refractivity contribution >= 4 is 23.4 Å². The van der Waals surface area contributed by atoms with Gasteiger partial charge in [0.05, 0.1) is 0 Å². The van der Waals surface area contributed by atoms with Gasteiger partial charge in [-0.3, -0.25) is 25.2 Å². The van der Waals surface area contributed by atoms with E-state index in [4.69, 9.17) is 0 Å². The highest BCUT2D eigenvalue weighted by molar-refractivity contribution is 5.94. The summed E-state index contributed by atoms with van der Waals surface area (Å²) >= 11 is 0. The molecule has 0 bridgehead atoms. The van der Waals surface area contributed by atoms with Gasteiger partial charge >= 0.3 is 0 Å². The molecule has 1 aromatic rings. The lowest BCUT2D eigenvalue weighted by Gasteiger charge is -2.10. The van der Waals surface area contributed by atoms with Crippen molar-refractivity contribution < 1.29 is 14.4 Å². The summed E-state index contributed by atoms with van der Waals surface area (Å²) in [4.78, 5) is 35.2. The molecule has 3 N–H and O–H groups in total. The van der Waals surface area contributed by atoms with Gasteiger partial charge in [-0.2, -0.15) is 0 Å². The normalized spacial score (nSPS) is 10.2. The van der Waals surface area contributed by atoms with Crippen LogP contribution in [0, 0.1) is 13.8 Å². The molecule has 6 heteroatoms. The lowest BCUT2D eigenvalue weighted by Crippen LogP contribution is -2.41. The Morgan fingerprint density at radius 1 is 0.840 bits per heavy atom. The fourth-order valence-electron chi connectivity index (χ4n) is 2.37. The largest absolute Gasteiger partial charge is 0.326 e. The fraction of sp³-hybridized carbons (Fsp3) is 0.526. The highest BCUT2D eigenvalue weighted by Gasteiger charge is 2.09. The molecular formula is C19H29N3O3. The smallest absolute Gasteiger partial charge is 0.238 e. The average Bonchev–Trinajstić information content (AvgIpc) is 2.57. The maximum atomic E-state index is 11.9. The Labute approximate surface area is 149 Å². The van der Waals surface area contributed by atoms with Crippen molar-refractivity contribution in [2.75, 3.05) is 5.32 Å². The van der Waals surface area contributed by atoms with Gasteiger partial charge in [0.25, 0.3) is 0 Å². The molecule has 0 aliphatic carbocycles. The van der Waals surface area contributed by atoms with E-state index < -0.39 is 0 Å². The standard InChI is InChI=1S/C19H29N3O3/c1-4-5-6-7-8-18(24)21-22-19(25)12-11-17(23)20-16-10-9-14(2)13-15(16)3/h9-10,13H,4-8,11-12H2,1-3H3,(H,20,23)(H,21,24)(H,22,25). The van der Waals surface area contributed by atoms with Gasteiger partial charge in [-0.15, -0.1) is 0 Å². The number of benzene rings is 1. The van der Waals surface area contributed by atoms with Crippen LogP contribution in [0.4, 0.5) is 5.69 Å². The second-order valence-electron chi connectivity index (χ2n) is 6.27. The summed E-state index contributed by atoms with van der Waals surface area (Å²) in [5, 5.41) is 2.79. The van der Waals surface area contributed by atoms with Gasteiger partial charge in [-0.25, -0.2) is 0 Å². The Morgan fingerprint density at radius 3 is 2.12 bits per heavy atom. The second-order valence-corrected chi connectivity index (χ2v) is 6.27. The molecule has 0 aliphatic rings. The van der Waals surface area contributed by atoms with Gasteiger partial charge in [-0.1, -0.05) is 43.9 Å². The summed E-state index contributed by atoms with van der Waals surface area (Å²) in [6, 6.07) is 5.76. The molecule has 6 nitrogen and oxygen atoms in total. The zero-order valence-corrected chi connectivity index (χ0v) is 15.4. The average molecular weight is 347 g/mol. The molecule has 0 aliphatic heterocycles. The number of carbonyl (C=O) groups excluding carboxylic acids is 3. The molecule has 0 radical (unpaired) electrons. The highest BCUT2D eigenvalue weighted by Crippen LogP contribution is 2.16. The number of aryl methyl sites for hydroxylation is 2. The van der Waals surface area contributed by atoms with E-state index in [1.807, 2.05) is 32.0 Å². The number of nitrogens with one attached hydrogen (secondary N) is 3. The van der Waals surface area contributed by atoms with Crippen molar-refractivity contribution in [3.05, 3.63) is 29.3 Å². The van der Waals surface area contributed by atoms with E-state index >= 15 is 0 Å². The van der Waals surface area contributed by atoms with Crippen LogP contribution in [0.5, 0.6) is 0 Å². The Morgan fingerprint density at radius 2 is 1.48 bits per heavy atom. The zero-order chi connectivity index (χ0) is 18.7. The minimum atomic E-state index is -0.377. The van der Waals surface area contributed by atoms with E-state index in [1.165, 1.54) is 0 Å². The first kappa shape index (κ1) is 20.7. The van der Waals surface area contributed by atoms with Crippen molar-refractivity contribution in [3.63, 3.8) is 0 Å². The van der Waals surface area contributed by atoms with Crippen molar-refractivity contribution in [1.29, 1.82) is 0 Å². The number of rotatable bonds is 9. The van der Waals surface area contributed by atoms with Crippen LogP contribution in [0.15, 0.2) is 18.2 Å². The molecule has 0 heterocycles. The first-order valence-corrected chi connectivity index (χ1v) is 8.87. The van der Waals surface area contributed by atoms with Crippen LogP contribution in [0.2, 0.25) is 0 Å². The molecular weight excluding hydrogens is 318 g/mol. The summed E-state index contributed by atoms with van der Waals surface area (Å²) in [6.07, 6.45) is 4.52. The van der Waals surface area contributed by atoms with E-state index in [1.54, 1.807) is 0 Å². The molecule has 0 atom stereocenters. The maximum Gasteiger partial charge on any atom is 0.238 e. The summed E-state index contributed by atoms with van der Waals surface area (Å²) in [6.45, 7) is 6.02. The van der Waals surface area contributed by atoms with Crippen LogP contribution in [-0.2, 0) is 14.4 Å². The third-order valence-corrected chi connectivity index (χ3v) is 3.83. The molecule has 25 heavy (non-hydrogen) atoms. The lowest BCUT2D eigenvalue weighted by atomic mass is 10.1. The van der Waals surface area contributed by atoms with Crippen molar-refractivity contribution in [2.24, 2.45) is 0 Å². The molecule has 0 aromatic heterocycles. The SMILES string of the molecule is CCCCCCC(=O)NNC(=O)CCC(=O)Nc1ccc(C)cc1C. The number of unbranched alkanes of at least 4 members (excludes halogenated alkanes) is 3. The van der Waals surface area contributed by atoms with Crippen molar-refractivity contribution in [2.45, 2.75) is 65.7 Å².